The van der Waals surface area contributed by atoms with Crippen molar-refractivity contribution in [1.82, 2.24) is 19.5 Å². The normalized spacial score (nSPS) is 32.4. The molecule has 1 saturated heterocycles. The fourth-order valence-corrected chi connectivity index (χ4v) is 2.27. The van der Waals surface area contributed by atoms with Gasteiger partial charge in [-0.1, -0.05) is 0 Å². The number of hydrogen-bond donors (Lipinski definition) is 3. The monoisotopic (exact) mass is 295 g/mol. The molecule has 0 saturated carbocycles. The number of hydrogen-bond acceptors (Lipinski definition) is 6. The van der Waals surface area contributed by atoms with Crippen LogP contribution in [0.3, 0.4) is 0 Å². The summed E-state index contributed by atoms with van der Waals surface area (Å²) < 4.78 is 20.6. The van der Waals surface area contributed by atoms with E-state index >= 15 is 0 Å². The Morgan fingerprint density at radius 1 is 1.62 bits per heavy atom. The Kier molecular flexibility index (Phi) is 2.98. The second kappa shape index (κ2) is 4.59. The van der Waals surface area contributed by atoms with E-state index in [4.69, 9.17) is 11.3 Å². The molecular weight excluding hydrogens is 285 g/mol. The molecule has 0 bridgehead atoms. The minimum atomic E-state index is -2.08. The van der Waals surface area contributed by atoms with Crippen molar-refractivity contribution in [2.45, 2.75) is 24.2 Å². The molecular formula is C11H10FN5O4. The minimum absolute atomic E-state index is 0.0212. The number of aromatic nitrogens is 4. The van der Waals surface area contributed by atoms with Gasteiger partial charge in [0.25, 0.3) is 5.56 Å². The Morgan fingerprint density at radius 3 is 3.00 bits per heavy atom. The zero-order valence-corrected chi connectivity index (χ0v) is 10.5. The molecule has 2 aromatic heterocycles. The van der Waals surface area contributed by atoms with Gasteiger partial charge in [-0.25, -0.2) is 20.9 Å². The maximum Gasteiger partial charge on any atom is 0.390 e. The lowest BCUT2D eigenvalue weighted by molar-refractivity contribution is -0.0979. The van der Waals surface area contributed by atoms with Gasteiger partial charge >= 0.3 is 5.72 Å². The van der Waals surface area contributed by atoms with Gasteiger partial charge < -0.3 is 15.2 Å². The number of nitrogens with one attached hydrogen (secondary N) is 1. The third-order valence-electron chi connectivity index (χ3n) is 3.42. The summed E-state index contributed by atoms with van der Waals surface area (Å²) in [5.74, 6) is 0. The molecule has 3 N–H and O–H groups in total. The number of fused-ring (bicyclic) bond motifs is 1. The molecule has 1 fully saturated rings. The summed E-state index contributed by atoms with van der Waals surface area (Å²) in [6.45, 7) is 6.13. The first-order valence-corrected chi connectivity index (χ1v) is 5.93. The number of halogens is 1. The summed E-state index contributed by atoms with van der Waals surface area (Å²) in [5, 5.41) is 19.0. The predicted octanol–water partition coefficient (Wildman–Crippen LogP) is -1.04. The standard InChI is InChI=1S/C11H10FN5O4/c1-13-11(2-18)7(19)5(12)10(21-11)17-4-16-6-8(17)14-3-15-9(6)20/h3-5,7,10,18-19H,2H2,(H,14,15,20). The molecule has 1 aliphatic rings. The molecule has 110 valence electrons. The molecule has 0 radical (unpaired) electrons. The van der Waals surface area contributed by atoms with Crippen LogP contribution in [-0.4, -0.2) is 54.3 Å². The van der Waals surface area contributed by atoms with Crippen molar-refractivity contribution < 1.29 is 19.3 Å². The largest absolute Gasteiger partial charge is 0.390 e. The van der Waals surface area contributed by atoms with E-state index in [0.717, 1.165) is 17.2 Å². The minimum Gasteiger partial charge on any atom is -0.385 e. The first-order chi connectivity index (χ1) is 10.0. The maximum atomic E-state index is 14.3. The van der Waals surface area contributed by atoms with Crippen molar-refractivity contribution in [1.29, 1.82) is 0 Å². The molecule has 0 spiro atoms. The molecule has 3 rings (SSSR count). The number of rotatable bonds is 2. The molecule has 10 heteroatoms. The molecule has 3 heterocycles. The number of aliphatic hydroxyl groups excluding tert-OH is 2. The first kappa shape index (κ1) is 13.6. The van der Waals surface area contributed by atoms with Gasteiger partial charge in [0.05, 0.1) is 12.7 Å². The van der Waals surface area contributed by atoms with Crippen molar-refractivity contribution in [3.63, 3.8) is 0 Å². The molecule has 9 nitrogen and oxygen atoms in total. The number of aromatic amines is 1. The number of ether oxygens (including phenoxy) is 1. The predicted molar refractivity (Wildman–Crippen MR) is 65.6 cm³/mol. The smallest absolute Gasteiger partial charge is 0.385 e. The second-order valence-corrected chi connectivity index (χ2v) is 4.57. The Hall–Kier alpha value is -2.35. The van der Waals surface area contributed by atoms with Crippen LogP contribution in [0.4, 0.5) is 4.39 Å². The van der Waals surface area contributed by atoms with E-state index in [1.807, 2.05) is 0 Å². The summed E-state index contributed by atoms with van der Waals surface area (Å²) in [5.41, 5.74) is -2.56. The second-order valence-electron chi connectivity index (χ2n) is 4.57. The van der Waals surface area contributed by atoms with Crippen LogP contribution in [0.25, 0.3) is 16.0 Å². The summed E-state index contributed by atoms with van der Waals surface area (Å²) in [6.07, 6.45) is -2.97. The molecule has 0 amide bonds. The number of alkyl halides is 1. The first-order valence-electron chi connectivity index (χ1n) is 5.93. The zero-order valence-electron chi connectivity index (χ0n) is 10.5. The highest BCUT2D eigenvalue weighted by molar-refractivity contribution is 5.68. The van der Waals surface area contributed by atoms with E-state index in [1.165, 1.54) is 0 Å². The van der Waals surface area contributed by atoms with E-state index in [2.05, 4.69) is 19.8 Å². The molecule has 4 unspecified atom stereocenters. The van der Waals surface area contributed by atoms with Gasteiger partial charge in [0.2, 0.25) is 0 Å². The van der Waals surface area contributed by atoms with Gasteiger partial charge in [-0.15, -0.1) is 0 Å². The van der Waals surface area contributed by atoms with Gasteiger partial charge in [0.1, 0.15) is 0 Å². The van der Waals surface area contributed by atoms with Crippen LogP contribution in [-0.2, 0) is 4.74 Å². The lowest BCUT2D eigenvalue weighted by Gasteiger charge is -2.16. The third-order valence-corrected chi connectivity index (χ3v) is 3.42. The third kappa shape index (κ3) is 1.75. The Morgan fingerprint density at radius 2 is 2.38 bits per heavy atom. The van der Waals surface area contributed by atoms with Crippen molar-refractivity contribution in [3.8, 4) is 0 Å². The van der Waals surface area contributed by atoms with Crippen LogP contribution in [0, 0.1) is 6.57 Å². The van der Waals surface area contributed by atoms with Crippen molar-refractivity contribution in [2.24, 2.45) is 0 Å². The van der Waals surface area contributed by atoms with Gasteiger partial charge in [-0.3, -0.25) is 18.9 Å². The van der Waals surface area contributed by atoms with E-state index in [9.17, 15) is 19.4 Å². The highest BCUT2D eigenvalue weighted by Gasteiger charge is 2.62. The van der Waals surface area contributed by atoms with E-state index in [0.29, 0.717) is 0 Å². The Bertz CT molecular complexity index is 783. The Labute approximate surface area is 116 Å². The molecule has 1 aliphatic heterocycles. The van der Waals surface area contributed by atoms with Crippen LogP contribution in [0.1, 0.15) is 6.23 Å². The fraction of sp³-hybridized carbons (Fsp3) is 0.455. The van der Waals surface area contributed by atoms with E-state index < -0.39 is 36.4 Å². The number of imidazole rings is 1. The van der Waals surface area contributed by atoms with Crippen molar-refractivity contribution >= 4 is 11.2 Å². The maximum absolute atomic E-state index is 14.3. The van der Waals surface area contributed by atoms with Gasteiger partial charge in [-0.05, 0) is 0 Å². The van der Waals surface area contributed by atoms with Crippen LogP contribution >= 0.6 is 0 Å². The van der Waals surface area contributed by atoms with Crippen LogP contribution in [0.2, 0.25) is 0 Å². The van der Waals surface area contributed by atoms with Crippen LogP contribution < -0.4 is 5.56 Å². The van der Waals surface area contributed by atoms with Crippen LogP contribution in [0.15, 0.2) is 17.4 Å². The topological polar surface area (TPSA) is 118 Å². The number of nitrogens with zero attached hydrogens (tertiary/aromatic N) is 4. The fourth-order valence-electron chi connectivity index (χ4n) is 2.27. The summed E-state index contributed by atoms with van der Waals surface area (Å²) in [6, 6.07) is 0. The number of aliphatic hydroxyl groups is 2. The summed E-state index contributed by atoms with van der Waals surface area (Å²) in [4.78, 5) is 24.6. The SMILES string of the molecule is [C-]#[N+]C1(CO)OC(n2cnc3c(=O)[nH]cnc32)C(F)C1O. The average molecular weight is 295 g/mol. The molecule has 0 aliphatic carbocycles. The van der Waals surface area contributed by atoms with Gasteiger partial charge in [-0.2, -0.15) is 0 Å². The molecule has 2 aromatic rings. The lowest BCUT2D eigenvalue weighted by Crippen LogP contribution is -2.42. The summed E-state index contributed by atoms with van der Waals surface area (Å²) in [7, 11) is 0. The van der Waals surface area contributed by atoms with Crippen molar-refractivity contribution in [3.05, 3.63) is 34.4 Å². The molecule has 0 aromatic carbocycles. The van der Waals surface area contributed by atoms with Gasteiger partial charge in [0, 0.05) is 0 Å². The van der Waals surface area contributed by atoms with Crippen LogP contribution in [0.5, 0.6) is 0 Å². The average Bonchev–Trinajstić information content (AvgIpc) is 3.02. The van der Waals surface area contributed by atoms with Crippen molar-refractivity contribution in [2.75, 3.05) is 6.61 Å². The zero-order chi connectivity index (χ0) is 15.2. The number of H-pyrrole nitrogens is 1. The van der Waals surface area contributed by atoms with E-state index in [-0.39, 0.29) is 11.2 Å². The molecule has 21 heavy (non-hydrogen) atoms. The Balaban J connectivity index is 2.10. The quantitative estimate of drug-likeness (QED) is 0.609. The molecule has 4 atom stereocenters. The van der Waals surface area contributed by atoms with E-state index in [1.54, 1.807) is 0 Å². The lowest BCUT2D eigenvalue weighted by atomic mass is 10.1. The highest BCUT2D eigenvalue weighted by Crippen LogP contribution is 2.40. The summed E-state index contributed by atoms with van der Waals surface area (Å²) >= 11 is 0. The van der Waals surface area contributed by atoms with Gasteiger partial charge in [0.15, 0.2) is 36.3 Å². The highest BCUT2D eigenvalue weighted by atomic mass is 19.1.